The number of rotatable bonds is 0. The second-order valence-electron chi connectivity index (χ2n) is 5.53. The van der Waals surface area contributed by atoms with E-state index < -0.39 is 0 Å². The zero-order valence-corrected chi connectivity index (χ0v) is 14.4. The summed E-state index contributed by atoms with van der Waals surface area (Å²) in [4.78, 5) is 24.4. The largest absolute Gasteiger partial charge is 0.234 e. The molecule has 4 aromatic rings. The van der Waals surface area contributed by atoms with E-state index in [-0.39, 0.29) is 67.3 Å². The highest BCUT2D eigenvalue weighted by Gasteiger charge is 2.23. The lowest BCUT2D eigenvalue weighted by Crippen LogP contribution is -2.05. The maximum Gasteiger partial charge on any atom is 0.234 e. The second kappa shape index (κ2) is 6.41. The van der Waals surface area contributed by atoms with Crippen molar-refractivity contribution in [2.24, 2.45) is 0 Å². The van der Waals surface area contributed by atoms with Crippen molar-refractivity contribution < 1.29 is 0 Å². The minimum absolute atomic E-state index is 0.0235. The first-order valence-electron chi connectivity index (χ1n) is 7.77. The number of benzene rings is 1. The first-order chi connectivity index (χ1) is 14.6. The van der Waals surface area contributed by atoms with Crippen LogP contribution in [0.5, 0.6) is 0 Å². The zero-order valence-electron chi connectivity index (χ0n) is 14.4. The Bertz CT molecular complexity index is 1660. The number of fused-ring (bicyclic) bond motifs is 6. The summed E-state index contributed by atoms with van der Waals surface area (Å²) < 4.78 is 0. The topological polar surface area (TPSA) is 220 Å². The lowest BCUT2D eigenvalue weighted by Gasteiger charge is -2.09. The molecule has 12 heteroatoms. The molecule has 0 fully saturated rings. The van der Waals surface area contributed by atoms with Gasteiger partial charge in [0.2, 0.25) is 5.82 Å². The Morgan fingerprint density at radius 2 is 0.733 bits per heavy atom. The predicted molar refractivity (Wildman–Crippen MR) is 94.0 cm³/mol. The molecule has 0 aliphatic rings. The minimum atomic E-state index is -0.341. The average Bonchev–Trinajstić information content (AvgIpc) is 2.81. The minimum Gasteiger partial charge on any atom is -0.232 e. The molecule has 1 aromatic carbocycles. The van der Waals surface area contributed by atoms with Crippen LogP contribution in [0, 0.1) is 68.0 Å². The summed E-state index contributed by atoms with van der Waals surface area (Å²) >= 11 is 0. The highest BCUT2D eigenvalue weighted by atomic mass is 14.9. The van der Waals surface area contributed by atoms with Crippen molar-refractivity contribution in [2.45, 2.75) is 0 Å². The molecule has 0 radical (unpaired) electrons. The van der Waals surface area contributed by atoms with E-state index in [1.54, 1.807) is 30.3 Å². The van der Waals surface area contributed by atoms with Crippen LogP contribution in [0.25, 0.3) is 33.0 Å². The van der Waals surface area contributed by atoms with Crippen LogP contribution in [-0.4, -0.2) is 29.9 Å². The van der Waals surface area contributed by atoms with E-state index in [4.69, 9.17) is 0 Å². The van der Waals surface area contributed by atoms with Gasteiger partial charge in [0.1, 0.15) is 64.0 Å². The van der Waals surface area contributed by atoms with Crippen molar-refractivity contribution in [3.63, 3.8) is 0 Å². The van der Waals surface area contributed by atoms with Gasteiger partial charge in [0.05, 0.1) is 5.39 Å². The van der Waals surface area contributed by atoms with Crippen LogP contribution in [-0.2, 0) is 0 Å². The first kappa shape index (κ1) is 17.6. The summed E-state index contributed by atoms with van der Waals surface area (Å²) in [5.74, 6) is -0.341. The Hall–Kier alpha value is -5.82. The smallest absolute Gasteiger partial charge is 0.232 e. The maximum absolute atomic E-state index is 9.55. The van der Waals surface area contributed by atoms with E-state index in [0.717, 1.165) is 0 Å². The standard InChI is InChI=1S/C18N12/c19-1-7-8(2-20)27-16-14(26-7)13-11(5-23)25-12(6-24)30-15(13)17-18(16)29-10(4-22)9(3-21)28-17. The van der Waals surface area contributed by atoms with Crippen LogP contribution in [0.4, 0.5) is 0 Å². The summed E-state index contributed by atoms with van der Waals surface area (Å²) in [6, 6.07) is 10.6. The fourth-order valence-corrected chi connectivity index (χ4v) is 2.84. The normalized spacial score (nSPS) is 9.80. The molecule has 3 aromatic heterocycles. The zero-order chi connectivity index (χ0) is 21.4. The fraction of sp³-hybridized carbons (Fsp3) is 0. The summed E-state index contributed by atoms with van der Waals surface area (Å²) in [5, 5.41) is 56.0. The van der Waals surface area contributed by atoms with Gasteiger partial charge in [-0.15, -0.1) is 0 Å². The molecule has 12 nitrogen and oxygen atoms in total. The lowest BCUT2D eigenvalue weighted by molar-refractivity contribution is 1.13. The lowest BCUT2D eigenvalue weighted by atomic mass is 10.1. The molecule has 0 bridgehead atoms. The second-order valence-corrected chi connectivity index (χ2v) is 5.53. The highest BCUT2D eigenvalue weighted by Crippen LogP contribution is 2.32. The summed E-state index contributed by atoms with van der Waals surface area (Å²) in [5.41, 5.74) is -1.62. The van der Waals surface area contributed by atoms with E-state index in [0.29, 0.717) is 0 Å². The Labute approximate surface area is 165 Å². The maximum atomic E-state index is 9.55. The van der Waals surface area contributed by atoms with Gasteiger partial charge in [-0.1, -0.05) is 0 Å². The predicted octanol–water partition coefficient (Wildman–Crippen LogP) is 0.746. The van der Waals surface area contributed by atoms with Crippen LogP contribution in [0.2, 0.25) is 0 Å². The number of nitrogens with zero attached hydrogens (tertiary/aromatic N) is 12. The van der Waals surface area contributed by atoms with Crippen LogP contribution >= 0.6 is 0 Å². The van der Waals surface area contributed by atoms with Gasteiger partial charge in [0, 0.05) is 0 Å². The molecule has 0 aliphatic carbocycles. The molecule has 3 heterocycles. The third kappa shape index (κ3) is 2.27. The van der Waals surface area contributed by atoms with Crippen LogP contribution in [0.15, 0.2) is 0 Å². The molecule has 0 saturated carbocycles. The van der Waals surface area contributed by atoms with Crippen molar-refractivity contribution >= 4 is 33.0 Å². The Kier molecular flexibility index (Phi) is 3.76. The van der Waals surface area contributed by atoms with Crippen LogP contribution in [0.3, 0.4) is 0 Å². The molecule has 0 aliphatic heterocycles. The van der Waals surface area contributed by atoms with Gasteiger partial charge in [-0.3, -0.25) is 0 Å². The molecule has 0 unspecified atom stereocenters. The molecule has 0 amide bonds. The third-order valence-corrected chi connectivity index (χ3v) is 4.02. The molecule has 0 N–H and O–H groups in total. The number of nitriles is 6. The molecule has 0 atom stereocenters. The third-order valence-electron chi connectivity index (χ3n) is 4.02. The summed E-state index contributed by atoms with van der Waals surface area (Å²) in [7, 11) is 0. The van der Waals surface area contributed by atoms with Crippen molar-refractivity contribution in [2.75, 3.05) is 0 Å². The van der Waals surface area contributed by atoms with E-state index in [1.165, 1.54) is 0 Å². The van der Waals surface area contributed by atoms with Crippen molar-refractivity contribution in [3.05, 3.63) is 34.3 Å². The Morgan fingerprint density at radius 3 is 1.13 bits per heavy atom. The molecular weight excluding hydrogens is 384 g/mol. The number of hydrogen-bond donors (Lipinski definition) is 0. The number of hydrogen-bond acceptors (Lipinski definition) is 12. The van der Waals surface area contributed by atoms with Gasteiger partial charge in [-0.2, -0.15) is 31.6 Å². The van der Waals surface area contributed by atoms with Crippen molar-refractivity contribution in [3.8, 4) is 36.4 Å². The molecular formula is C18N12. The highest BCUT2D eigenvalue weighted by molar-refractivity contribution is 6.20. The molecule has 0 saturated heterocycles. The van der Waals surface area contributed by atoms with Gasteiger partial charge in [-0.25, -0.2) is 29.9 Å². The van der Waals surface area contributed by atoms with E-state index >= 15 is 0 Å². The molecule has 30 heavy (non-hydrogen) atoms. The summed E-state index contributed by atoms with van der Waals surface area (Å²) in [6.07, 6.45) is 0. The fourth-order valence-electron chi connectivity index (χ4n) is 2.84. The Balaban J connectivity index is 2.46. The molecule has 4 rings (SSSR count). The quantitative estimate of drug-likeness (QED) is 0.383. The molecule has 0 spiro atoms. The first-order valence-corrected chi connectivity index (χ1v) is 7.77. The monoisotopic (exact) mass is 384 g/mol. The Morgan fingerprint density at radius 1 is 0.367 bits per heavy atom. The molecule has 132 valence electrons. The average molecular weight is 384 g/mol. The van der Waals surface area contributed by atoms with Crippen molar-refractivity contribution in [1.82, 2.24) is 29.9 Å². The SMILES string of the molecule is N#Cc1nc(C#N)c2c(n1)c1nc(C#N)c(C#N)nc1c1nc(C#N)c(C#N)nc12. The summed E-state index contributed by atoms with van der Waals surface area (Å²) in [6.45, 7) is 0. The van der Waals surface area contributed by atoms with Gasteiger partial charge in [0.15, 0.2) is 28.5 Å². The number of aromatic nitrogens is 6. The van der Waals surface area contributed by atoms with E-state index in [9.17, 15) is 31.6 Å². The van der Waals surface area contributed by atoms with Crippen LogP contribution in [0.1, 0.15) is 34.3 Å². The van der Waals surface area contributed by atoms with Gasteiger partial charge in [0.25, 0.3) is 0 Å². The van der Waals surface area contributed by atoms with Gasteiger partial charge in [-0.05, 0) is 0 Å². The van der Waals surface area contributed by atoms with Crippen LogP contribution < -0.4 is 0 Å². The van der Waals surface area contributed by atoms with E-state index in [2.05, 4.69) is 29.9 Å². The van der Waals surface area contributed by atoms with Gasteiger partial charge < -0.3 is 0 Å². The van der Waals surface area contributed by atoms with E-state index in [1.807, 2.05) is 6.07 Å². The van der Waals surface area contributed by atoms with Gasteiger partial charge >= 0.3 is 0 Å². The van der Waals surface area contributed by atoms with Crippen molar-refractivity contribution in [1.29, 1.82) is 31.6 Å².